The van der Waals surface area contributed by atoms with Gasteiger partial charge in [0.15, 0.2) is 0 Å². The van der Waals surface area contributed by atoms with Gasteiger partial charge in [-0.15, -0.1) is 0 Å². The number of carbonyl (C=O) groups is 2. The highest BCUT2D eigenvalue weighted by Gasteiger charge is 2.41. The van der Waals surface area contributed by atoms with Gasteiger partial charge in [-0.05, 0) is 47.0 Å². The van der Waals surface area contributed by atoms with Gasteiger partial charge in [0.2, 0.25) is 0 Å². The summed E-state index contributed by atoms with van der Waals surface area (Å²) in [5, 5.41) is 12.2. The second kappa shape index (κ2) is 6.26. The third-order valence-corrected chi connectivity index (χ3v) is 4.83. The van der Waals surface area contributed by atoms with Gasteiger partial charge in [0.1, 0.15) is 5.54 Å². The molecule has 2 N–H and O–H groups in total. The lowest BCUT2D eigenvalue weighted by molar-refractivity contribution is -0.145. The molecule has 0 atom stereocenters. The van der Waals surface area contributed by atoms with Crippen molar-refractivity contribution in [3.63, 3.8) is 0 Å². The van der Waals surface area contributed by atoms with Crippen molar-refractivity contribution in [2.45, 2.75) is 37.6 Å². The Balaban J connectivity index is 2.24. The van der Waals surface area contributed by atoms with E-state index >= 15 is 0 Å². The lowest BCUT2D eigenvalue weighted by atomic mass is 9.81. The van der Waals surface area contributed by atoms with Crippen LogP contribution in [0.2, 0.25) is 0 Å². The van der Waals surface area contributed by atoms with Gasteiger partial charge in [-0.1, -0.05) is 35.2 Å². The fourth-order valence-electron chi connectivity index (χ4n) is 2.50. The summed E-state index contributed by atoms with van der Waals surface area (Å²) in [6, 6.07) is 5.25. The molecule has 0 radical (unpaired) electrons. The minimum Gasteiger partial charge on any atom is -0.480 e. The first-order valence-electron chi connectivity index (χ1n) is 6.45. The lowest BCUT2D eigenvalue weighted by Crippen LogP contribution is -2.55. The van der Waals surface area contributed by atoms with E-state index < -0.39 is 11.5 Å². The molecule has 4 nitrogen and oxygen atoms in total. The van der Waals surface area contributed by atoms with Crippen molar-refractivity contribution in [2.75, 3.05) is 0 Å². The number of carbonyl (C=O) groups excluding carboxylic acids is 1. The molecule has 0 saturated heterocycles. The van der Waals surface area contributed by atoms with Gasteiger partial charge in [0.05, 0.1) is 5.56 Å². The Morgan fingerprint density at radius 1 is 1.15 bits per heavy atom. The Bertz CT molecular complexity index is 539. The number of aliphatic carboxylic acids is 1. The molecule has 0 aliphatic heterocycles. The first kappa shape index (κ1) is 15.5. The van der Waals surface area contributed by atoms with Gasteiger partial charge in [-0.25, -0.2) is 4.79 Å². The summed E-state index contributed by atoms with van der Waals surface area (Å²) in [7, 11) is 0. The SMILES string of the molecule is O=C(NC1(C(=O)O)CCCCC1)c1cc(Br)ccc1Br. The molecule has 20 heavy (non-hydrogen) atoms. The zero-order chi connectivity index (χ0) is 14.8. The Kier molecular flexibility index (Phi) is 4.86. The largest absolute Gasteiger partial charge is 0.480 e. The molecule has 1 aromatic rings. The highest BCUT2D eigenvalue weighted by Crippen LogP contribution is 2.30. The summed E-state index contributed by atoms with van der Waals surface area (Å²) in [6.45, 7) is 0. The van der Waals surface area contributed by atoms with Crippen LogP contribution in [-0.4, -0.2) is 22.5 Å². The topological polar surface area (TPSA) is 66.4 Å². The molecule has 1 aliphatic carbocycles. The molecule has 0 heterocycles. The highest BCUT2D eigenvalue weighted by atomic mass is 79.9. The molecule has 1 amide bonds. The Hall–Kier alpha value is -0.880. The molecule has 0 spiro atoms. The van der Waals surface area contributed by atoms with Crippen LogP contribution in [0.3, 0.4) is 0 Å². The highest BCUT2D eigenvalue weighted by molar-refractivity contribution is 9.11. The summed E-state index contributed by atoms with van der Waals surface area (Å²) in [5.41, 5.74) is -0.692. The van der Waals surface area contributed by atoms with E-state index in [4.69, 9.17) is 0 Å². The molecule has 0 bridgehead atoms. The van der Waals surface area contributed by atoms with Crippen LogP contribution in [0.1, 0.15) is 42.5 Å². The third kappa shape index (κ3) is 3.23. The van der Waals surface area contributed by atoms with Crippen LogP contribution >= 0.6 is 31.9 Å². The average Bonchev–Trinajstić information content (AvgIpc) is 2.42. The van der Waals surface area contributed by atoms with Gasteiger partial charge in [0, 0.05) is 8.95 Å². The number of rotatable bonds is 3. The zero-order valence-corrected chi connectivity index (χ0v) is 14.0. The van der Waals surface area contributed by atoms with E-state index in [0.717, 1.165) is 23.7 Å². The maximum atomic E-state index is 12.4. The average molecular weight is 405 g/mol. The van der Waals surface area contributed by atoms with Crippen molar-refractivity contribution < 1.29 is 14.7 Å². The van der Waals surface area contributed by atoms with E-state index in [2.05, 4.69) is 37.2 Å². The number of carboxylic acids is 1. The number of nitrogens with one attached hydrogen (secondary N) is 1. The second-order valence-corrected chi connectivity index (χ2v) is 6.80. The van der Waals surface area contributed by atoms with Crippen LogP contribution in [0.25, 0.3) is 0 Å². The lowest BCUT2D eigenvalue weighted by Gasteiger charge is -2.34. The van der Waals surface area contributed by atoms with Crippen LogP contribution in [-0.2, 0) is 4.79 Å². The molecule has 6 heteroatoms. The number of benzene rings is 1. The molecular weight excluding hydrogens is 390 g/mol. The fraction of sp³-hybridized carbons (Fsp3) is 0.429. The smallest absolute Gasteiger partial charge is 0.329 e. The molecule has 1 aliphatic rings. The quantitative estimate of drug-likeness (QED) is 0.806. The predicted molar refractivity (Wildman–Crippen MR) is 82.8 cm³/mol. The van der Waals surface area contributed by atoms with E-state index in [9.17, 15) is 14.7 Å². The molecule has 1 fully saturated rings. The molecule has 0 aromatic heterocycles. The van der Waals surface area contributed by atoms with E-state index in [0.29, 0.717) is 22.9 Å². The fourth-order valence-corrected chi connectivity index (χ4v) is 3.29. The number of hydrogen-bond donors (Lipinski definition) is 2. The summed E-state index contributed by atoms with van der Waals surface area (Å²) in [6.07, 6.45) is 3.64. The van der Waals surface area contributed by atoms with E-state index in [1.807, 2.05) is 6.07 Å². The van der Waals surface area contributed by atoms with Gasteiger partial charge >= 0.3 is 5.97 Å². The summed E-state index contributed by atoms with van der Waals surface area (Å²) in [5.74, 6) is -1.31. The van der Waals surface area contributed by atoms with E-state index in [-0.39, 0.29) is 5.91 Å². The van der Waals surface area contributed by atoms with Crippen LogP contribution in [0.5, 0.6) is 0 Å². The number of halogens is 2. The standard InChI is InChI=1S/C14H15Br2NO3/c15-9-4-5-11(16)10(8-9)12(18)17-14(13(19)20)6-2-1-3-7-14/h4-5,8H,1-3,6-7H2,(H,17,18)(H,19,20). The Morgan fingerprint density at radius 2 is 1.80 bits per heavy atom. The summed E-state index contributed by atoms with van der Waals surface area (Å²) in [4.78, 5) is 23.9. The monoisotopic (exact) mass is 403 g/mol. The van der Waals surface area contributed by atoms with Gasteiger partial charge < -0.3 is 10.4 Å². The molecular formula is C14H15Br2NO3. The summed E-state index contributed by atoms with van der Waals surface area (Å²) < 4.78 is 1.42. The van der Waals surface area contributed by atoms with Crippen molar-refractivity contribution in [1.29, 1.82) is 0 Å². The maximum Gasteiger partial charge on any atom is 0.329 e. The number of hydrogen-bond acceptors (Lipinski definition) is 2. The maximum absolute atomic E-state index is 12.4. The second-order valence-electron chi connectivity index (χ2n) is 5.03. The van der Waals surface area contributed by atoms with Crippen molar-refractivity contribution in [1.82, 2.24) is 5.32 Å². The molecule has 2 rings (SSSR count). The number of carboxylic acid groups (broad SMARTS) is 1. The first-order chi connectivity index (χ1) is 9.44. The van der Waals surface area contributed by atoms with E-state index in [1.54, 1.807) is 12.1 Å². The summed E-state index contributed by atoms with van der Waals surface area (Å²) >= 11 is 6.64. The molecule has 108 valence electrons. The Morgan fingerprint density at radius 3 is 2.40 bits per heavy atom. The van der Waals surface area contributed by atoms with Crippen LogP contribution < -0.4 is 5.32 Å². The van der Waals surface area contributed by atoms with Crippen molar-refractivity contribution in [3.8, 4) is 0 Å². The van der Waals surface area contributed by atoms with Crippen LogP contribution in [0.15, 0.2) is 27.1 Å². The minimum absolute atomic E-state index is 0.359. The third-order valence-electron chi connectivity index (χ3n) is 3.64. The number of amides is 1. The van der Waals surface area contributed by atoms with E-state index in [1.165, 1.54) is 0 Å². The van der Waals surface area contributed by atoms with Crippen molar-refractivity contribution >= 4 is 43.7 Å². The van der Waals surface area contributed by atoms with Gasteiger partial charge in [0.25, 0.3) is 5.91 Å². The first-order valence-corrected chi connectivity index (χ1v) is 8.04. The van der Waals surface area contributed by atoms with Gasteiger partial charge in [-0.3, -0.25) is 4.79 Å². The molecule has 1 saturated carbocycles. The molecule has 1 aromatic carbocycles. The van der Waals surface area contributed by atoms with Gasteiger partial charge in [-0.2, -0.15) is 0 Å². The normalized spacial score (nSPS) is 17.5. The minimum atomic E-state index is -1.13. The predicted octanol–water partition coefficient (Wildman–Crippen LogP) is 3.73. The van der Waals surface area contributed by atoms with Crippen molar-refractivity contribution in [2.24, 2.45) is 0 Å². The van der Waals surface area contributed by atoms with Crippen molar-refractivity contribution in [3.05, 3.63) is 32.7 Å². The molecule has 0 unspecified atom stereocenters. The Labute approximate surface area is 134 Å². The zero-order valence-electron chi connectivity index (χ0n) is 10.8. The van der Waals surface area contributed by atoms with Crippen LogP contribution in [0, 0.1) is 0 Å². The van der Waals surface area contributed by atoms with Crippen LogP contribution in [0.4, 0.5) is 0 Å².